The fourth-order valence-electron chi connectivity index (χ4n) is 3.53. The van der Waals surface area contributed by atoms with Crippen molar-refractivity contribution in [3.05, 3.63) is 89.2 Å². The van der Waals surface area contributed by atoms with Crippen LogP contribution in [0.4, 0.5) is 17.6 Å². The number of benzene rings is 3. The Morgan fingerprint density at radius 3 is 2.34 bits per heavy atom. The zero-order valence-electron chi connectivity index (χ0n) is 17.3. The maximum absolute atomic E-state index is 15.1. The summed E-state index contributed by atoms with van der Waals surface area (Å²) >= 11 is 0. The molecule has 3 nitrogen and oxygen atoms in total. The van der Waals surface area contributed by atoms with Crippen molar-refractivity contribution >= 4 is 10.8 Å². The molecule has 0 aliphatic carbocycles. The summed E-state index contributed by atoms with van der Waals surface area (Å²) < 4.78 is 57.6. The van der Waals surface area contributed by atoms with E-state index >= 15 is 4.39 Å². The van der Waals surface area contributed by atoms with E-state index in [2.05, 4.69) is 14.7 Å². The van der Waals surface area contributed by atoms with Gasteiger partial charge in [0, 0.05) is 23.3 Å². The molecule has 0 radical (unpaired) electrons. The minimum absolute atomic E-state index is 0.333. The quantitative estimate of drug-likeness (QED) is 0.307. The third-order valence-corrected chi connectivity index (χ3v) is 5.30. The number of alkyl halides is 2. The van der Waals surface area contributed by atoms with Crippen LogP contribution < -0.4 is 4.74 Å². The van der Waals surface area contributed by atoms with Gasteiger partial charge in [-0.15, -0.1) is 0 Å². The van der Waals surface area contributed by atoms with Gasteiger partial charge >= 0.3 is 6.61 Å². The number of aromatic nitrogens is 2. The van der Waals surface area contributed by atoms with Crippen LogP contribution in [0, 0.1) is 11.6 Å². The van der Waals surface area contributed by atoms with Crippen LogP contribution in [0.1, 0.15) is 23.6 Å². The molecule has 0 aliphatic heterocycles. The molecule has 164 valence electrons. The van der Waals surface area contributed by atoms with Gasteiger partial charge in [-0.25, -0.2) is 18.7 Å². The number of fused-ring (bicyclic) bond motifs is 1. The standard InChI is InChI=1S/C25H20F4N2O/c1-2-15-13-30-24(31-14-15)19-8-9-20-18(12-19)7-6-17(23(20)27)5-3-16-4-10-22(21(26)11-16)32-25(28)29/h4,6-14,25H,2-3,5H2,1H3. The monoisotopic (exact) mass is 440 g/mol. The molecule has 0 atom stereocenters. The minimum atomic E-state index is -3.09. The van der Waals surface area contributed by atoms with E-state index in [4.69, 9.17) is 0 Å². The summed E-state index contributed by atoms with van der Waals surface area (Å²) in [7, 11) is 0. The number of halogens is 4. The highest BCUT2D eigenvalue weighted by molar-refractivity contribution is 5.87. The molecule has 32 heavy (non-hydrogen) atoms. The number of hydrogen-bond acceptors (Lipinski definition) is 3. The van der Waals surface area contributed by atoms with E-state index in [0.29, 0.717) is 35.2 Å². The van der Waals surface area contributed by atoms with Crippen molar-refractivity contribution in [2.24, 2.45) is 0 Å². The highest BCUT2D eigenvalue weighted by atomic mass is 19.3. The maximum atomic E-state index is 15.1. The zero-order chi connectivity index (χ0) is 22.7. The minimum Gasteiger partial charge on any atom is -0.432 e. The normalized spacial score (nSPS) is 11.3. The second kappa shape index (κ2) is 9.34. The van der Waals surface area contributed by atoms with E-state index in [0.717, 1.165) is 35.1 Å². The summed E-state index contributed by atoms with van der Waals surface area (Å²) in [4.78, 5) is 8.75. The number of ether oxygens (including phenoxy) is 1. The van der Waals surface area contributed by atoms with Crippen LogP contribution in [0.3, 0.4) is 0 Å². The molecular formula is C25H20F4N2O. The Morgan fingerprint density at radius 2 is 1.66 bits per heavy atom. The van der Waals surface area contributed by atoms with E-state index in [1.807, 2.05) is 19.1 Å². The van der Waals surface area contributed by atoms with Crippen molar-refractivity contribution in [1.82, 2.24) is 9.97 Å². The van der Waals surface area contributed by atoms with Crippen molar-refractivity contribution in [3.8, 4) is 17.1 Å². The van der Waals surface area contributed by atoms with Crippen molar-refractivity contribution in [2.45, 2.75) is 32.8 Å². The van der Waals surface area contributed by atoms with Gasteiger partial charge in [0.1, 0.15) is 5.82 Å². The van der Waals surface area contributed by atoms with Gasteiger partial charge < -0.3 is 4.74 Å². The van der Waals surface area contributed by atoms with E-state index in [1.165, 1.54) is 6.07 Å². The fraction of sp³-hybridized carbons (Fsp3) is 0.200. The second-order valence-electron chi connectivity index (χ2n) is 7.39. The Hall–Kier alpha value is -3.48. The topological polar surface area (TPSA) is 35.0 Å². The third kappa shape index (κ3) is 4.72. The molecule has 4 aromatic rings. The lowest BCUT2D eigenvalue weighted by Gasteiger charge is -2.10. The predicted molar refractivity (Wildman–Crippen MR) is 115 cm³/mol. The van der Waals surface area contributed by atoms with Gasteiger partial charge in [0.15, 0.2) is 17.4 Å². The SMILES string of the molecule is CCc1cnc(-c2ccc3c(F)c(CCc4ccc(OC(F)F)c(F)c4)ccc3c2)nc1. The average Bonchev–Trinajstić information content (AvgIpc) is 2.80. The van der Waals surface area contributed by atoms with Crippen LogP contribution in [0.5, 0.6) is 5.75 Å². The van der Waals surface area contributed by atoms with Crippen LogP contribution in [0.2, 0.25) is 0 Å². The first-order valence-electron chi connectivity index (χ1n) is 10.2. The van der Waals surface area contributed by atoms with Crippen molar-refractivity contribution < 1.29 is 22.3 Å². The summed E-state index contributed by atoms with van der Waals surface area (Å²) in [6.45, 7) is -1.06. The Balaban J connectivity index is 1.52. The summed E-state index contributed by atoms with van der Waals surface area (Å²) in [5.41, 5.74) is 2.89. The molecule has 0 N–H and O–H groups in total. The molecule has 3 aromatic carbocycles. The van der Waals surface area contributed by atoms with Gasteiger partial charge in [-0.1, -0.05) is 37.3 Å². The third-order valence-electron chi connectivity index (χ3n) is 5.30. The molecule has 0 spiro atoms. The van der Waals surface area contributed by atoms with Crippen LogP contribution >= 0.6 is 0 Å². The molecule has 4 rings (SSSR count). The maximum Gasteiger partial charge on any atom is 0.387 e. The number of hydrogen-bond donors (Lipinski definition) is 0. The molecular weight excluding hydrogens is 420 g/mol. The number of aryl methyl sites for hydroxylation is 3. The molecule has 0 fully saturated rings. The van der Waals surface area contributed by atoms with Gasteiger partial charge in [-0.2, -0.15) is 8.78 Å². The van der Waals surface area contributed by atoms with Crippen molar-refractivity contribution in [3.63, 3.8) is 0 Å². The summed E-state index contributed by atoms with van der Waals surface area (Å²) in [5, 5.41) is 1.20. The number of nitrogens with zero attached hydrogens (tertiary/aromatic N) is 2. The average molecular weight is 440 g/mol. The second-order valence-corrected chi connectivity index (χ2v) is 7.39. The highest BCUT2D eigenvalue weighted by Crippen LogP contribution is 2.27. The first-order chi connectivity index (χ1) is 15.4. The van der Waals surface area contributed by atoms with Gasteiger partial charge in [0.25, 0.3) is 0 Å². The predicted octanol–water partition coefficient (Wildman–Crippen LogP) is 6.52. The van der Waals surface area contributed by atoms with Crippen LogP contribution in [0.15, 0.2) is 60.9 Å². The number of rotatable bonds is 7. The zero-order valence-corrected chi connectivity index (χ0v) is 17.3. The lowest BCUT2D eigenvalue weighted by atomic mass is 9.99. The lowest BCUT2D eigenvalue weighted by molar-refractivity contribution is -0.0522. The highest BCUT2D eigenvalue weighted by Gasteiger charge is 2.13. The molecule has 0 bridgehead atoms. The molecule has 1 heterocycles. The fourth-order valence-corrected chi connectivity index (χ4v) is 3.53. The van der Waals surface area contributed by atoms with Gasteiger partial charge in [0.2, 0.25) is 0 Å². The Kier molecular flexibility index (Phi) is 6.35. The van der Waals surface area contributed by atoms with E-state index in [9.17, 15) is 13.2 Å². The van der Waals surface area contributed by atoms with Gasteiger partial charge in [-0.05, 0) is 59.5 Å². The van der Waals surface area contributed by atoms with Crippen molar-refractivity contribution in [1.29, 1.82) is 0 Å². The molecule has 0 saturated heterocycles. The Labute approximate surface area is 182 Å². The molecule has 1 aromatic heterocycles. The van der Waals surface area contributed by atoms with Gasteiger partial charge in [0.05, 0.1) is 0 Å². The van der Waals surface area contributed by atoms with E-state index < -0.39 is 18.2 Å². The Morgan fingerprint density at radius 1 is 0.875 bits per heavy atom. The molecule has 0 unspecified atom stereocenters. The van der Waals surface area contributed by atoms with E-state index in [1.54, 1.807) is 30.6 Å². The summed E-state index contributed by atoms with van der Waals surface area (Å²) in [5.74, 6) is -1.14. The van der Waals surface area contributed by atoms with Crippen LogP contribution in [-0.4, -0.2) is 16.6 Å². The Bertz CT molecular complexity index is 1240. The van der Waals surface area contributed by atoms with Crippen LogP contribution in [-0.2, 0) is 19.3 Å². The summed E-state index contributed by atoms with van der Waals surface area (Å²) in [6, 6.07) is 12.7. The van der Waals surface area contributed by atoms with Gasteiger partial charge in [-0.3, -0.25) is 0 Å². The van der Waals surface area contributed by atoms with Crippen molar-refractivity contribution in [2.75, 3.05) is 0 Å². The van der Waals surface area contributed by atoms with Crippen LogP contribution in [0.25, 0.3) is 22.2 Å². The molecule has 0 amide bonds. The lowest BCUT2D eigenvalue weighted by Crippen LogP contribution is -2.04. The molecule has 0 saturated carbocycles. The summed E-state index contributed by atoms with van der Waals surface area (Å²) in [6.07, 6.45) is 5.10. The smallest absolute Gasteiger partial charge is 0.387 e. The largest absolute Gasteiger partial charge is 0.432 e. The van der Waals surface area contributed by atoms with E-state index in [-0.39, 0.29) is 5.82 Å². The first kappa shape index (κ1) is 21.7. The first-order valence-corrected chi connectivity index (χ1v) is 10.2. The molecule has 7 heteroatoms. The molecule has 0 aliphatic rings.